The quantitative estimate of drug-likeness (QED) is 0.673. The lowest BCUT2D eigenvalue weighted by atomic mass is 10.1. The number of para-hydroxylation sites is 1. The number of carbonyl (C=O) groups excluding carboxylic acids is 1. The summed E-state index contributed by atoms with van der Waals surface area (Å²) in [6.07, 6.45) is -0.314. The molecule has 0 bridgehead atoms. The number of Topliss-reactive ketones (excluding diaryl/α,β-unsaturated/α-hetero) is 1. The number of ketones is 1. The first-order valence-corrected chi connectivity index (χ1v) is 4.64. The van der Waals surface area contributed by atoms with E-state index in [1.54, 1.807) is 24.3 Å². The average molecular weight is 219 g/mol. The van der Waals surface area contributed by atoms with Gasteiger partial charge in [-0.25, -0.2) is 4.79 Å². The Kier molecular flexibility index (Phi) is 2.36. The van der Waals surface area contributed by atoms with Crippen LogP contribution in [0.3, 0.4) is 0 Å². The van der Waals surface area contributed by atoms with Crippen molar-refractivity contribution >= 4 is 22.7 Å². The van der Waals surface area contributed by atoms with Crippen LogP contribution in [0.4, 0.5) is 0 Å². The summed E-state index contributed by atoms with van der Waals surface area (Å²) in [5, 5.41) is 18.7. The normalized spacial score (nSPS) is 10.5. The van der Waals surface area contributed by atoms with Crippen LogP contribution in [0.25, 0.3) is 10.9 Å². The fourth-order valence-corrected chi connectivity index (χ4v) is 1.60. The van der Waals surface area contributed by atoms with E-state index < -0.39 is 11.8 Å². The Balaban J connectivity index is 2.47. The van der Waals surface area contributed by atoms with Gasteiger partial charge in [-0.3, -0.25) is 4.79 Å². The highest BCUT2D eigenvalue weighted by molar-refractivity contribution is 6.33. The van der Waals surface area contributed by atoms with Gasteiger partial charge in [-0.15, -0.1) is 0 Å². The maximum absolute atomic E-state index is 11.1. The van der Waals surface area contributed by atoms with Crippen molar-refractivity contribution in [2.24, 2.45) is 0 Å². The Morgan fingerprint density at radius 3 is 2.62 bits per heavy atom. The lowest BCUT2D eigenvalue weighted by Crippen LogP contribution is -2.14. The highest BCUT2D eigenvalue weighted by atomic mass is 16.4. The first-order chi connectivity index (χ1) is 7.59. The van der Waals surface area contributed by atoms with Crippen LogP contribution in [0.5, 0.6) is 5.88 Å². The third-order valence-electron chi connectivity index (χ3n) is 2.37. The molecule has 1 aromatic carbocycles. The van der Waals surface area contributed by atoms with Crippen molar-refractivity contribution < 1.29 is 19.8 Å². The number of hydrogen-bond donors (Lipinski definition) is 3. The van der Waals surface area contributed by atoms with Crippen LogP contribution < -0.4 is 0 Å². The largest absolute Gasteiger partial charge is 0.494 e. The van der Waals surface area contributed by atoms with Crippen molar-refractivity contribution in [1.82, 2.24) is 4.98 Å². The van der Waals surface area contributed by atoms with Crippen LogP contribution in [0.1, 0.15) is 5.56 Å². The third-order valence-corrected chi connectivity index (χ3v) is 2.37. The second-order valence-electron chi connectivity index (χ2n) is 3.40. The summed E-state index contributed by atoms with van der Waals surface area (Å²) in [6, 6.07) is 6.99. The zero-order chi connectivity index (χ0) is 11.7. The summed E-state index contributed by atoms with van der Waals surface area (Å²) < 4.78 is 0. The molecular weight excluding hydrogens is 210 g/mol. The number of rotatable bonds is 3. The number of aromatic nitrogens is 1. The summed E-state index contributed by atoms with van der Waals surface area (Å²) in [6.45, 7) is 0. The van der Waals surface area contributed by atoms with E-state index in [4.69, 9.17) is 5.11 Å². The molecule has 3 N–H and O–H groups in total. The Morgan fingerprint density at radius 2 is 1.94 bits per heavy atom. The van der Waals surface area contributed by atoms with Crippen molar-refractivity contribution in [1.29, 1.82) is 0 Å². The van der Waals surface area contributed by atoms with Crippen molar-refractivity contribution in [3.8, 4) is 5.88 Å². The van der Waals surface area contributed by atoms with Gasteiger partial charge in [-0.2, -0.15) is 0 Å². The van der Waals surface area contributed by atoms with E-state index in [1.165, 1.54) is 0 Å². The Labute approximate surface area is 90.3 Å². The van der Waals surface area contributed by atoms with Crippen LogP contribution >= 0.6 is 0 Å². The van der Waals surface area contributed by atoms with E-state index >= 15 is 0 Å². The molecular formula is C11H9NO4. The molecule has 5 heteroatoms. The number of nitrogens with one attached hydrogen (secondary N) is 1. The smallest absolute Gasteiger partial charge is 0.372 e. The number of aromatic hydroxyl groups is 1. The molecule has 5 nitrogen and oxygen atoms in total. The van der Waals surface area contributed by atoms with Crippen LogP contribution in [0, 0.1) is 0 Å². The van der Waals surface area contributed by atoms with E-state index in [-0.39, 0.29) is 12.3 Å². The molecule has 0 amide bonds. The predicted molar refractivity (Wildman–Crippen MR) is 56.3 cm³/mol. The number of aromatic amines is 1. The number of aliphatic carboxylic acids is 1. The summed E-state index contributed by atoms with van der Waals surface area (Å²) in [5.74, 6) is -2.60. The lowest BCUT2D eigenvalue weighted by molar-refractivity contribution is -0.148. The molecule has 0 spiro atoms. The van der Waals surface area contributed by atoms with Gasteiger partial charge in [0.05, 0.1) is 0 Å². The average Bonchev–Trinajstić information content (AvgIpc) is 2.55. The molecule has 2 aromatic rings. The fraction of sp³-hybridized carbons (Fsp3) is 0.0909. The zero-order valence-corrected chi connectivity index (χ0v) is 8.23. The Hall–Kier alpha value is -2.30. The van der Waals surface area contributed by atoms with Crippen LogP contribution in [0.15, 0.2) is 24.3 Å². The molecule has 0 saturated heterocycles. The number of benzene rings is 1. The van der Waals surface area contributed by atoms with Gasteiger partial charge >= 0.3 is 5.97 Å². The molecule has 1 aromatic heterocycles. The van der Waals surface area contributed by atoms with Gasteiger partial charge in [0.2, 0.25) is 5.78 Å². The maximum atomic E-state index is 11.1. The van der Waals surface area contributed by atoms with Crippen molar-refractivity contribution in [3.63, 3.8) is 0 Å². The highest BCUT2D eigenvalue weighted by Crippen LogP contribution is 2.27. The molecule has 0 saturated carbocycles. The number of carboxylic acids is 1. The van der Waals surface area contributed by atoms with Crippen molar-refractivity contribution in [2.45, 2.75) is 6.42 Å². The van der Waals surface area contributed by atoms with E-state index in [9.17, 15) is 14.7 Å². The monoisotopic (exact) mass is 219 g/mol. The Bertz CT molecular complexity index is 570. The third kappa shape index (κ3) is 1.63. The minimum absolute atomic E-state index is 0.157. The molecule has 0 unspecified atom stereocenters. The van der Waals surface area contributed by atoms with Gasteiger partial charge < -0.3 is 15.2 Å². The van der Waals surface area contributed by atoms with Crippen molar-refractivity contribution in [2.75, 3.05) is 0 Å². The Morgan fingerprint density at radius 1 is 1.25 bits per heavy atom. The second-order valence-corrected chi connectivity index (χ2v) is 3.40. The number of H-pyrrole nitrogens is 1. The van der Waals surface area contributed by atoms with Crippen molar-refractivity contribution in [3.05, 3.63) is 29.8 Å². The lowest BCUT2D eigenvalue weighted by Gasteiger charge is -1.96. The molecule has 1 heterocycles. The van der Waals surface area contributed by atoms with E-state index in [1.807, 2.05) is 0 Å². The number of fused-ring (bicyclic) bond motifs is 1. The van der Waals surface area contributed by atoms with Gasteiger partial charge in [-0.05, 0) is 6.07 Å². The molecule has 0 aliphatic rings. The minimum Gasteiger partial charge on any atom is -0.494 e. The van der Waals surface area contributed by atoms with Gasteiger partial charge in [0.1, 0.15) is 0 Å². The maximum Gasteiger partial charge on any atom is 0.372 e. The standard InChI is InChI=1S/C11H9NO4/c13-9(11(15)16)5-7-6-3-1-2-4-8(6)12-10(7)14/h1-4,12,14H,5H2,(H,15,16). The zero-order valence-electron chi connectivity index (χ0n) is 8.23. The summed E-state index contributed by atoms with van der Waals surface area (Å²) in [5.41, 5.74) is 0.996. The number of carbonyl (C=O) groups is 2. The minimum atomic E-state index is -1.50. The highest BCUT2D eigenvalue weighted by Gasteiger charge is 2.18. The van der Waals surface area contributed by atoms with Crippen LogP contribution in [0.2, 0.25) is 0 Å². The molecule has 0 aliphatic heterocycles. The molecule has 16 heavy (non-hydrogen) atoms. The number of hydrogen-bond acceptors (Lipinski definition) is 3. The SMILES string of the molecule is O=C(O)C(=O)Cc1c(O)[nH]c2ccccc12. The molecule has 2 rings (SSSR count). The topological polar surface area (TPSA) is 90.4 Å². The summed E-state index contributed by atoms with van der Waals surface area (Å²) in [4.78, 5) is 24.2. The number of carboxylic acid groups (broad SMARTS) is 1. The second kappa shape index (κ2) is 3.69. The summed E-state index contributed by atoms with van der Waals surface area (Å²) >= 11 is 0. The molecule has 0 radical (unpaired) electrons. The van der Waals surface area contributed by atoms with E-state index in [0.717, 1.165) is 0 Å². The van der Waals surface area contributed by atoms with Gasteiger partial charge in [-0.1, -0.05) is 18.2 Å². The first-order valence-electron chi connectivity index (χ1n) is 4.64. The molecule has 0 aliphatic carbocycles. The van der Waals surface area contributed by atoms with E-state index in [0.29, 0.717) is 16.5 Å². The first kappa shape index (κ1) is 10.2. The van der Waals surface area contributed by atoms with Crippen LogP contribution in [-0.2, 0) is 16.0 Å². The van der Waals surface area contributed by atoms with Crippen LogP contribution in [-0.4, -0.2) is 26.9 Å². The molecule has 0 fully saturated rings. The molecule has 82 valence electrons. The van der Waals surface area contributed by atoms with E-state index in [2.05, 4.69) is 4.98 Å². The predicted octanol–water partition coefficient (Wildman–Crippen LogP) is 1.07. The van der Waals surface area contributed by atoms with Gasteiger partial charge in [0.15, 0.2) is 5.88 Å². The summed E-state index contributed by atoms with van der Waals surface area (Å²) in [7, 11) is 0. The molecule has 0 atom stereocenters. The van der Waals surface area contributed by atoms with Gasteiger partial charge in [0.25, 0.3) is 0 Å². The fourth-order valence-electron chi connectivity index (χ4n) is 1.60. The van der Waals surface area contributed by atoms with Gasteiger partial charge in [0, 0.05) is 22.9 Å².